The molecule has 0 fully saturated rings. The van der Waals surface area contributed by atoms with Crippen LogP contribution in [0, 0.1) is 0 Å². The molecule has 0 bridgehead atoms. The Balaban J connectivity index is 2.52. The minimum Gasteiger partial charge on any atom is -0.495 e. The van der Waals surface area contributed by atoms with Crippen LogP contribution in [-0.2, 0) is 10.0 Å². The van der Waals surface area contributed by atoms with E-state index in [1.165, 1.54) is 58.6 Å². The lowest BCUT2D eigenvalue weighted by Gasteiger charge is -2.15. The number of methoxy groups -OCH3 is 3. The van der Waals surface area contributed by atoms with Crippen molar-refractivity contribution in [3.05, 3.63) is 40.9 Å². The van der Waals surface area contributed by atoms with E-state index in [1.807, 2.05) is 0 Å². The molecule has 140 valence electrons. The van der Waals surface area contributed by atoms with Gasteiger partial charge in [0, 0.05) is 11.6 Å². The van der Waals surface area contributed by atoms with Crippen LogP contribution in [0.15, 0.2) is 35.2 Å². The number of sulfonamides is 1. The predicted octanol–water partition coefficient (Wildman–Crippen LogP) is 3.37. The second kappa shape index (κ2) is 7.84. The maximum absolute atomic E-state index is 12.7. The minimum absolute atomic E-state index is 0.0714. The van der Waals surface area contributed by atoms with Crippen LogP contribution in [0.3, 0.4) is 0 Å². The number of Topliss-reactive ketones (excluding diaryl/α,β-unsaturated/α-hetero) is 1. The van der Waals surface area contributed by atoms with E-state index in [2.05, 4.69) is 4.72 Å². The maximum Gasteiger partial charge on any atom is 0.261 e. The van der Waals surface area contributed by atoms with Crippen molar-refractivity contribution in [3.63, 3.8) is 0 Å². The summed E-state index contributed by atoms with van der Waals surface area (Å²) in [6.07, 6.45) is 0. The molecular weight excluding hydrogens is 382 g/mol. The van der Waals surface area contributed by atoms with Gasteiger partial charge in [-0.25, -0.2) is 8.42 Å². The van der Waals surface area contributed by atoms with Gasteiger partial charge in [-0.1, -0.05) is 11.6 Å². The first kappa shape index (κ1) is 19.9. The molecule has 0 aromatic heterocycles. The first-order valence-corrected chi connectivity index (χ1v) is 9.23. The first-order chi connectivity index (χ1) is 12.2. The van der Waals surface area contributed by atoms with Crippen molar-refractivity contribution in [2.75, 3.05) is 26.1 Å². The Hall–Kier alpha value is -2.45. The fourth-order valence-electron chi connectivity index (χ4n) is 2.27. The van der Waals surface area contributed by atoms with Gasteiger partial charge in [-0.15, -0.1) is 0 Å². The number of nitrogens with one attached hydrogen (secondary N) is 1. The third-order valence-electron chi connectivity index (χ3n) is 3.58. The number of hydrogen-bond acceptors (Lipinski definition) is 6. The van der Waals surface area contributed by atoms with Gasteiger partial charge < -0.3 is 14.2 Å². The highest BCUT2D eigenvalue weighted by molar-refractivity contribution is 7.92. The topological polar surface area (TPSA) is 90.9 Å². The van der Waals surface area contributed by atoms with Gasteiger partial charge in [-0.05, 0) is 31.2 Å². The highest BCUT2D eigenvalue weighted by Gasteiger charge is 2.21. The van der Waals surface area contributed by atoms with Crippen molar-refractivity contribution in [3.8, 4) is 17.2 Å². The van der Waals surface area contributed by atoms with Gasteiger partial charge in [-0.2, -0.15) is 0 Å². The molecule has 0 amide bonds. The first-order valence-electron chi connectivity index (χ1n) is 7.36. The number of ketones is 1. The molecule has 0 heterocycles. The molecule has 2 rings (SSSR count). The fourth-order valence-corrected chi connectivity index (χ4v) is 3.69. The number of halogens is 1. The number of rotatable bonds is 7. The Bertz CT molecular complexity index is 943. The van der Waals surface area contributed by atoms with Gasteiger partial charge in [0.05, 0.1) is 36.9 Å². The van der Waals surface area contributed by atoms with E-state index in [9.17, 15) is 13.2 Å². The number of ether oxygens (including phenoxy) is 3. The van der Waals surface area contributed by atoms with Gasteiger partial charge in [-0.3, -0.25) is 9.52 Å². The second-order valence-electron chi connectivity index (χ2n) is 5.21. The summed E-state index contributed by atoms with van der Waals surface area (Å²) in [5, 5.41) is 0.148. The van der Waals surface area contributed by atoms with E-state index in [1.54, 1.807) is 0 Å². The number of carbonyl (C=O) groups excluding carboxylic acids is 1. The van der Waals surface area contributed by atoms with Crippen LogP contribution in [-0.4, -0.2) is 35.5 Å². The lowest BCUT2D eigenvalue weighted by Crippen LogP contribution is -2.15. The molecule has 0 spiro atoms. The van der Waals surface area contributed by atoms with Gasteiger partial charge in [0.15, 0.2) is 17.3 Å². The molecule has 0 atom stereocenters. The van der Waals surface area contributed by atoms with Gasteiger partial charge >= 0.3 is 0 Å². The van der Waals surface area contributed by atoms with Crippen molar-refractivity contribution < 1.29 is 27.4 Å². The summed E-state index contributed by atoms with van der Waals surface area (Å²) in [4.78, 5) is 11.8. The van der Waals surface area contributed by atoms with Gasteiger partial charge in [0.25, 0.3) is 10.0 Å². The van der Waals surface area contributed by atoms with Crippen molar-refractivity contribution in [1.29, 1.82) is 0 Å². The van der Waals surface area contributed by atoms with E-state index in [4.69, 9.17) is 25.8 Å². The molecule has 0 saturated heterocycles. The standard InChI is InChI=1S/C17H18ClNO6S/c1-10(20)12-8-16(24-3)17(25-4)9-14(12)19-26(21,22)11-5-6-15(23-2)13(18)7-11/h5-9,19H,1-4H3. The Kier molecular flexibility index (Phi) is 5.99. The SMILES string of the molecule is COc1ccc(S(=O)(=O)Nc2cc(OC)c(OC)cc2C(C)=O)cc1Cl. The molecule has 0 saturated carbocycles. The van der Waals surface area contributed by atoms with E-state index in [0.717, 1.165) is 0 Å². The average Bonchev–Trinajstić information content (AvgIpc) is 2.60. The molecule has 0 aliphatic rings. The summed E-state index contributed by atoms with van der Waals surface area (Å²) in [7, 11) is 0.258. The van der Waals surface area contributed by atoms with Crippen LogP contribution in [0.25, 0.3) is 0 Å². The molecule has 0 aliphatic heterocycles. The van der Waals surface area contributed by atoms with E-state index >= 15 is 0 Å². The Morgan fingerprint density at radius 1 is 0.962 bits per heavy atom. The third kappa shape index (κ3) is 4.03. The molecule has 0 radical (unpaired) electrons. The smallest absolute Gasteiger partial charge is 0.261 e. The normalized spacial score (nSPS) is 11.0. The van der Waals surface area contributed by atoms with Crippen molar-refractivity contribution in [1.82, 2.24) is 0 Å². The Labute approximate surface area is 156 Å². The highest BCUT2D eigenvalue weighted by atomic mass is 35.5. The highest BCUT2D eigenvalue weighted by Crippen LogP contribution is 2.35. The average molecular weight is 400 g/mol. The zero-order valence-corrected chi connectivity index (χ0v) is 16.2. The summed E-state index contributed by atoms with van der Waals surface area (Å²) in [6, 6.07) is 6.85. The lowest BCUT2D eigenvalue weighted by atomic mass is 10.1. The number of carbonyl (C=O) groups is 1. The van der Waals surface area contributed by atoms with Crippen LogP contribution in [0.4, 0.5) is 5.69 Å². The molecule has 2 aromatic carbocycles. The molecule has 0 unspecified atom stereocenters. The predicted molar refractivity (Wildman–Crippen MR) is 98.4 cm³/mol. The van der Waals surface area contributed by atoms with Crippen LogP contribution < -0.4 is 18.9 Å². The Morgan fingerprint density at radius 3 is 2.04 bits per heavy atom. The Morgan fingerprint density at radius 2 is 1.54 bits per heavy atom. The molecule has 2 aromatic rings. The van der Waals surface area contributed by atoms with Crippen molar-refractivity contribution in [2.45, 2.75) is 11.8 Å². The van der Waals surface area contributed by atoms with E-state index < -0.39 is 10.0 Å². The summed E-state index contributed by atoms with van der Waals surface area (Å²) in [5.74, 6) is 0.605. The third-order valence-corrected chi connectivity index (χ3v) is 5.24. The zero-order chi connectivity index (χ0) is 19.5. The fraction of sp³-hybridized carbons (Fsp3) is 0.235. The van der Waals surface area contributed by atoms with Gasteiger partial charge in [0.2, 0.25) is 0 Å². The van der Waals surface area contributed by atoms with E-state index in [-0.39, 0.29) is 32.7 Å². The monoisotopic (exact) mass is 399 g/mol. The zero-order valence-electron chi connectivity index (χ0n) is 14.6. The van der Waals surface area contributed by atoms with Crippen LogP contribution in [0.2, 0.25) is 5.02 Å². The molecule has 1 N–H and O–H groups in total. The maximum atomic E-state index is 12.7. The number of anilines is 1. The quantitative estimate of drug-likeness (QED) is 0.718. The largest absolute Gasteiger partial charge is 0.495 e. The van der Waals surface area contributed by atoms with Crippen molar-refractivity contribution in [2.24, 2.45) is 0 Å². The second-order valence-corrected chi connectivity index (χ2v) is 7.30. The molecule has 26 heavy (non-hydrogen) atoms. The van der Waals surface area contributed by atoms with Gasteiger partial charge in [0.1, 0.15) is 5.75 Å². The molecule has 7 nitrogen and oxygen atoms in total. The van der Waals surface area contributed by atoms with Crippen LogP contribution in [0.5, 0.6) is 17.2 Å². The summed E-state index contributed by atoms with van der Waals surface area (Å²) in [6.45, 7) is 1.32. The summed E-state index contributed by atoms with van der Waals surface area (Å²) < 4.78 is 43.1. The summed E-state index contributed by atoms with van der Waals surface area (Å²) in [5.41, 5.74) is 0.216. The van der Waals surface area contributed by atoms with E-state index in [0.29, 0.717) is 11.5 Å². The number of benzene rings is 2. The lowest BCUT2D eigenvalue weighted by molar-refractivity contribution is 0.101. The van der Waals surface area contributed by atoms with Crippen LogP contribution >= 0.6 is 11.6 Å². The molecule has 9 heteroatoms. The van der Waals surface area contributed by atoms with Crippen molar-refractivity contribution >= 4 is 33.1 Å². The number of hydrogen-bond donors (Lipinski definition) is 1. The molecule has 0 aliphatic carbocycles. The summed E-state index contributed by atoms with van der Waals surface area (Å²) >= 11 is 6.00. The molecular formula is C17H18ClNO6S. The van der Waals surface area contributed by atoms with Crippen LogP contribution in [0.1, 0.15) is 17.3 Å². The minimum atomic E-state index is -4.00.